The van der Waals surface area contributed by atoms with Gasteiger partial charge in [0.1, 0.15) is 0 Å². The van der Waals surface area contributed by atoms with Crippen LogP contribution in [-0.4, -0.2) is 42.9 Å². The van der Waals surface area contributed by atoms with Gasteiger partial charge in [-0.25, -0.2) is 0 Å². The van der Waals surface area contributed by atoms with E-state index < -0.39 is 0 Å². The molecule has 0 aliphatic carbocycles. The second kappa shape index (κ2) is 8.03. The lowest BCUT2D eigenvalue weighted by molar-refractivity contribution is -0.129. The average Bonchev–Trinajstić information content (AvgIpc) is 3.00. The number of nitrogens with one attached hydrogen (secondary N) is 2. The predicted octanol–water partition coefficient (Wildman–Crippen LogP) is 2.02. The number of halogens is 1. The lowest BCUT2D eigenvalue weighted by Crippen LogP contribution is -2.44. The molecule has 2 rings (SSSR count). The number of carbonyl (C=O) groups is 1. The summed E-state index contributed by atoms with van der Waals surface area (Å²) >= 11 is 5.88. The molecule has 0 bridgehead atoms. The molecule has 1 amide bonds. The third-order valence-corrected chi connectivity index (χ3v) is 4.03. The molecule has 1 unspecified atom stereocenters. The standard InChI is InChI=1S/C16H23ClN4O/c1-3-15(22)21-9-8-14(11-21)20-16(18-2)19-10-12-4-6-13(17)7-5-12/h4-7,14H,3,8-11H2,1-2H3,(H2,18,19,20). The summed E-state index contributed by atoms with van der Waals surface area (Å²) in [6.07, 6.45) is 1.52. The second-order valence-corrected chi connectivity index (χ2v) is 5.81. The van der Waals surface area contributed by atoms with Gasteiger partial charge < -0.3 is 15.5 Å². The van der Waals surface area contributed by atoms with Gasteiger partial charge in [-0.15, -0.1) is 0 Å². The van der Waals surface area contributed by atoms with Gasteiger partial charge in [-0.3, -0.25) is 9.79 Å². The van der Waals surface area contributed by atoms with Crippen LogP contribution in [0.2, 0.25) is 5.02 Å². The Morgan fingerprint density at radius 1 is 1.41 bits per heavy atom. The molecule has 0 spiro atoms. The summed E-state index contributed by atoms with van der Waals surface area (Å²) in [6, 6.07) is 7.98. The van der Waals surface area contributed by atoms with Crippen molar-refractivity contribution in [2.24, 2.45) is 4.99 Å². The van der Waals surface area contributed by atoms with Crippen LogP contribution in [0.15, 0.2) is 29.3 Å². The van der Waals surface area contributed by atoms with Crippen LogP contribution in [0.1, 0.15) is 25.3 Å². The van der Waals surface area contributed by atoms with Crippen molar-refractivity contribution in [1.82, 2.24) is 15.5 Å². The number of guanidine groups is 1. The number of rotatable bonds is 4. The van der Waals surface area contributed by atoms with Crippen LogP contribution in [0, 0.1) is 0 Å². The van der Waals surface area contributed by atoms with Gasteiger partial charge in [0.15, 0.2) is 5.96 Å². The van der Waals surface area contributed by atoms with Crippen molar-refractivity contribution in [3.8, 4) is 0 Å². The van der Waals surface area contributed by atoms with E-state index in [1.165, 1.54) is 0 Å². The monoisotopic (exact) mass is 322 g/mol. The fraction of sp³-hybridized carbons (Fsp3) is 0.500. The zero-order chi connectivity index (χ0) is 15.9. The van der Waals surface area contributed by atoms with Crippen LogP contribution in [0.4, 0.5) is 0 Å². The van der Waals surface area contributed by atoms with Crippen LogP contribution in [0.3, 0.4) is 0 Å². The molecule has 22 heavy (non-hydrogen) atoms. The molecule has 1 aromatic carbocycles. The fourth-order valence-corrected chi connectivity index (χ4v) is 2.63. The zero-order valence-corrected chi connectivity index (χ0v) is 13.9. The Kier molecular flexibility index (Phi) is 6.07. The minimum absolute atomic E-state index is 0.216. The first-order valence-electron chi connectivity index (χ1n) is 7.61. The summed E-state index contributed by atoms with van der Waals surface area (Å²) in [5.41, 5.74) is 1.14. The average molecular weight is 323 g/mol. The molecule has 1 atom stereocenters. The minimum Gasteiger partial charge on any atom is -0.352 e. The van der Waals surface area contributed by atoms with E-state index in [1.807, 2.05) is 36.1 Å². The van der Waals surface area contributed by atoms with Crippen molar-refractivity contribution in [2.45, 2.75) is 32.4 Å². The first kappa shape index (κ1) is 16.6. The van der Waals surface area contributed by atoms with Gasteiger partial charge in [0.05, 0.1) is 0 Å². The van der Waals surface area contributed by atoms with Gasteiger partial charge >= 0.3 is 0 Å². The molecule has 1 aliphatic rings. The maximum Gasteiger partial charge on any atom is 0.222 e. The number of benzene rings is 1. The van der Waals surface area contributed by atoms with E-state index in [4.69, 9.17) is 11.6 Å². The first-order valence-corrected chi connectivity index (χ1v) is 7.99. The molecule has 0 radical (unpaired) electrons. The molecular weight excluding hydrogens is 300 g/mol. The number of nitrogens with zero attached hydrogens (tertiary/aromatic N) is 2. The van der Waals surface area contributed by atoms with Crippen LogP contribution < -0.4 is 10.6 Å². The molecule has 1 aliphatic heterocycles. The third-order valence-electron chi connectivity index (χ3n) is 3.78. The maximum absolute atomic E-state index is 11.7. The summed E-state index contributed by atoms with van der Waals surface area (Å²) in [5.74, 6) is 0.971. The smallest absolute Gasteiger partial charge is 0.222 e. The van der Waals surface area contributed by atoms with E-state index in [9.17, 15) is 4.79 Å². The van der Waals surface area contributed by atoms with Crippen molar-refractivity contribution in [3.05, 3.63) is 34.9 Å². The molecule has 5 nitrogen and oxygen atoms in total. The lowest BCUT2D eigenvalue weighted by Gasteiger charge is -2.18. The number of likely N-dealkylation sites (tertiary alicyclic amines) is 1. The number of aliphatic imine (C=N–C) groups is 1. The molecule has 1 fully saturated rings. The number of amides is 1. The van der Waals surface area contributed by atoms with E-state index in [0.29, 0.717) is 13.0 Å². The molecule has 1 heterocycles. The van der Waals surface area contributed by atoms with E-state index >= 15 is 0 Å². The Hall–Kier alpha value is -1.75. The predicted molar refractivity (Wildman–Crippen MR) is 90.1 cm³/mol. The Bertz CT molecular complexity index is 529. The Morgan fingerprint density at radius 3 is 2.77 bits per heavy atom. The van der Waals surface area contributed by atoms with Gasteiger partial charge in [0, 0.05) is 44.2 Å². The van der Waals surface area contributed by atoms with Crippen molar-refractivity contribution < 1.29 is 4.79 Å². The maximum atomic E-state index is 11.7. The Morgan fingerprint density at radius 2 is 2.14 bits per heavy atom. The number of hydrogen-bond acceptors (Lipinski definition) is 2. The van der Waals surface area contributed by atoms with Crippen LogP contribution in [0.25, 0.3) is 0 Å². The second-order valence-electron chi connectivity index (χ2n) is 5.38. The summed E-state index contributed by atoms with van der Waals surface area (Å²) in [7, 11) is 1.75. The topological polar surface area (TPSA) is 56.7 Å². The van der Waals surface area contributed by atoms with Gasteiger partial charge in [-0.1, -0.05) is 30.7 Å². The lowest BCUT2D eigenvalue weighted by atomic mass is 10.2. The summed E-state index contributed by atoms with van der Waals surface area (Å²) < 4.78 is 0. The van der Waals surface area contributed by atoms with Gasteiger partial charge in [-0.05, 0) is 24.1 Å². The highest BCUT2D eigenvalue weighted by Gasteiger charge is 2.25. The molecule has 6 heteroatoms. The van der Waals surface area contributed by atoms with E-state index in [-0.39, 0.29) is 11.9 Å². The van der Waals surface area contributed by atoms with Crippen molar-refractivity contribution in [3.63, 3.8) is 0 Å². The molecule has 2 N–H and O–H groups in total. The zero-order valence-electron chi connectivity index (χ0n) is 13.1. The number of carbonyl (C=O) groups excluding carboxylic acids is 1. The van der Waals surface area contributed by atoms with Crippen molar-refractivity contribution in [1.29, 1.82) is 0 Å². The van der Waals surface area contributed by atoms with Crippen molar-refractivity contribution >= 4 is 23.5 Å². The first-order chi connectivity index (χ1) is 10.6. The molecule has 0 saturated carbocycles. The van der Waals surface area contributed by atoms with Gasteiger partial charge in [0.25, 0.3) is 0 Å². The van der Waals surface area contributed by atoms with Crippen LogP contribution in [-0.2, 0) is 11.3 Å². The summed E-state index contributed by atoms with van der Waals surface area (Å²) in [4.78, 5) is 17.8. The number of hydrogen-bond donors (Lipinski definition) is 2. The molecular formula is C16H23ClN4O. The molecule has 120 valence electrons. The fourth-order valence-electron chi connectivity index (χ4n) is 2.50. The summed E-state index contributed by atoms with van der Waals surface area (Å²) in [6.45, 7) is 4.14. The van der Waals surface area contributed by atoms with Crippen molar-refractivity contribution in [2.75, 3.05) is 20.1 Å². The SMILES string of the molecule is CCC(=O)N1CCC(NC(=NC)NCc2ccc(Cl)cc2)C1. The normalized spacial score (nSPS) is 18.4. The van der Waals surface area contributed by atoms with E-state index in [0.717, 1.165) is 36.1 Å². The highest BCUT2D eigenvalue weighted by molar-refractivity contribution is 6.30. The highest BCUT2D eigenvalue weighted by atomic mass is 35.5. The molecule has 1 aromatic rings. The van der Waals surface area contributed by atoms with Gasteiger partial charge in [0.2, 0.25) is 5.91 Å². The minimum atomic E-state index is 0.216. The van der Waals surface area contributed by atoms with Crippen LogP contribution >= 0.6 is 11.6 Å². The highest BCUT2D eigenvalue weighted by Crippen LogP contribution is 2.11. The Balaban J connectivity index is 1.81. The van der Waals surface area contributed by atoms with Gasteiger partial charge in [-0.2, -0.15) is 0 Å². The van der Waals surface area contributed by atoms with E-state index in [1.54, 1.807) is 7.05 Å². The van der Waals surface area contributed by atoms with Crippen LogP contribution in [0.5, 0.6) is 0 Å². The molecule has 1 saturated heterocycles. The largest absolute Gasteiger partial charge is 0.352 e. The Labute approximate surface area is 136 Å². The molecule has 0 aromatic heterocycles. The van der Waals surface area contributed by atoms with E-state index in [2.05, 4.69) is 15.6 Å². The summed E-state index contributed by atoms with van der Waals surface area (Å²) in [5, 5.41) is 7.39. The quantitative estimate of drug-likeness (QED) is 0.658. The third kappa shape index (κ3) is 4.63.